The second-order valence-electron chi connectivity index (χ2n) is 3.60. The Hall–Kier alpha value is -0.410. The Morgan fingerprint density at radius 3 is 2.08 bits per heavy atom. The third-order valence-corrected chi connectivity index (χ3v) is 3.19. The number of rotatable bonds is 2. The molecule has 1 rings (SSSR count). The van der Waals surface area contributed by atoms with Gasteiger partial charge in [0.2, 0.25) is 5.01 Å². The summed E-state index contributed by atoms with van der Waals surface area (Å²) in [5.41, 5.74) is 0.969. The van der Waals surface area contributed by atoms with E-state index in [0.29, 0.717) is 11.8 Å². The molecule has 0 fully saturated rings. The second-order valence-corrected chi connectivity index (χ2v) is 4.85. The van der Waals surface area contributed by atoms with E-state index in [2.05, 4.69) is 18.8 Å². The maximum absolute atomic E-state index is 11.4. The van der Waals surface area contributed by atoms with Crippen molar-refractivity contribution >= 4 is 10.8 Å². The fraction of sp³-hybridized carbons (Fsp3) is 0.667. The van der Waals surface area contributed by atoms with Gasteiger partial charge in [0.1, 0.15) is 5.69 Å². The van der Waals surface area contributed by atoms with E-state index in [0.717, 1.165) is 10.7 Å². The molecule has 1 heterocycles. The standard InChI is InChI=1S/C9H15NOS/c1-6(2)8-5-12(11)9(10-8)7(3)4/h5-7H,1-4H3. The maximum Gasteiger partial charge on any atom is 0.243 e. The largest absolute Gasteiger partial charge is 0.589 e. The predicted octanol–water partition coefficient (Wildman–Crippen LogP) is 3.06. The van der Waals surface area contributed by atoms with Gasteiger partial charge < -0.3 is 4.55 Å². The quantitative estimate of drug-likeness (QED) is 0.664. The van der Waals surface area contributed by atoms with Crippen molar-refractivity contribution in [1.82, 2.24) is 4.98 Å². The summed E-state index contributed by atoms with van der Waals surface area (Å²) in [6.07, 6.45) is 0. The van der Waals surface area contributed by atoms with Crippen LogP contribution >= 0.6 is 10.8 Å². The Labute approximate surface area is 76.5 Å². The Kier molecular flexibility index (Phi) is 2.85. The summed E-state index contributed by atoms with van der Waals surface area (Å²) in [6, 6.07) is 0. The molecule has 0 aliphatic heterocycles. The van der Waals surface area contributed by atoms with Gasteiger partial charge in [0, 0.05) is 11.8 Å². The molecule has 0 saturated heterocycles. The minimum absolute atomic E-state index is 0.290. The fourth-order valence-electron chi connectivity index (χ4n) is 0.995. The summed E-state index contributed by atoms with van der Waals surface area (Å²) in [4.78, 5) is 4.35. The lowest BCUT2D eigenvalue weighted by Gasteiger charge is -1.96. The third-order valence-electron chi connectivity index (χ3n) is 1.76. The van der Waals surface area contributed by atoms with Crippen molar-refractivity contribution < 1.29 is 4.55 Å². The predicted molar refractivity (Wildman–Crippen MR) is 51.1 cm³/mol. The lowest BCUT2D eigenvalue weighted by Crippen LogP contribution is -1.90. The van der Waals surface area contributed by atoms with Crippen LogP contribution in [0.3, 0.4) is 0 Å². The first-order valence-corrected chi connectivity index (χ1v) is 5.44. The maximum atomic E-state index is 11.4. The van der Waals surface area contributed by atoms with Gasteiger partial charge in [0.25, 0.3) is 0 Å². The molecule has 0 aromatic carbocycles. The zero-order chi connectivity index (χ0) is 9.30. The molecule has 0 saturated carbocycles. The van der Waals surface area contributed by atoms with E-state index in [1.165, 1.54) is 0 Å². The van der Waals surface area contributed by atoms with Crippen LogP contribution in [-0.4, -0.2) is 9.54 Å². The van der Waals surface area contributed by atoms with Crippen molar-refractivity contribution in [1.29, 1.82) is 0 Å². The van der Waals surface area contributed by atoms with Crippen molar-refractivity contribution in [2.45, 2.75) is 39.5 Å². The number of aromatic nitrogens is 1. The van der Waals surface area contributed by atoms with E-state index in [1.807, 2.05) is 13.8 Å². The van der Waals surface area contributed by atoms with Crippen molar-refractivity contribution in [3.8, 4) is 0 Å². The summed E-state index contributed by atoms with van der Waals surface area (Å²) < 4.78 is 11.4. The molecule has 0 spiro atoms. The van der Waals surface area contributed by atoms with Gasteiger partial charge in [-0.3, -0.25) is 0 Å². The van der Waals surface area contributed by atoms with Crippen LogP contribution in [0.4, 0.5) is 0 Å². The minimum atomic E-state index is -0.953. The molecule has 1 aromatic rings. The monoisotopic (exact) mass is 185 g/mol. The van der Waals surface area contributed by atoms with Gasteiger partial charge in [0.05, 0.1) is 0 Å². The van der Waals surface area contributed by atoms with E-state index >= 15 is 0 Å². The van der Waals surface area contributed by atoms with Crippen LogP contribution in [0.2, 0.25) is 0 Å². The van der Waals surface area contributed by atoms with Crippen LogP contribution in [0.1, 0.15) is 50.2 Å². The number of nitrogens with zero attached hydrogens (tertiary/aromatic N) is 1. The SMILES string of the molecule is CC(C)c1c[s+]([O-])c(C(C)C)n1. The van der Waals surface area contributed by atoms with Gasteiger partial charge in [-0.05, 0) is 10.8 Å². The fourth-order valence-corrected chi connectivity index (χ4v) is 2.32. The Morgan fingerprint density at radius 1 is 1.25 bits per heavy atom. The van der Waals surface area contributed by atoms with Gasteiger partial charge in [-0.15, -0.1) is 0 Å². The van der Waals surface area contributed by atoms with Crippen molar-refractivity contribution in [2.75, 3.05) is 0 Å². The highest BCUT2D eigenvalue weighted by atomic mass is 32.2. The van der Waals surface area contributed by atoms with Gasteiger partial charge in [-0.2, -0.15) is 0 Å². The lowest BCUT2D eigenvalue weighted by atomic mass is 10.1. The zero-order valence-corrected chi connectivity index (χ0v) is 8.81. The highest BCUT2D eigenvalue weighted by molar-refractivity contribution is 7.23. The highest BCUT2D eigenvalue weighted by Crippen LogP contribution is 2.29. The third kappa shape index (κ3) is 1.84. The first-order valence-electron chi connectivity index (χ1n) is 4.23. The molecule has 12 heavy (non-hydrogen) atoms. The average molecular weight is 185 g/mol. The molecule has 1 unspecified atom stereocenters. The molecule has 0 aliphatic carbocycles. The Bertz CT molecular complexity index is 265. The molecule has 68 valence electrons. The number of thiazole rings is 1. The van der Waals surface area contributed by atoms with Gasteiger partial charge in [-0.1, -0.05) is 27.7 Å². The molecule has 0 bridgehead atoms. The molecule has 2 nitrogen and oxygen atoms in total. The normalized spacial score (nSPS) is 13.1. The van der Waals surface area contributed by atoms with Crippen LogP contribution in [0.5, 0.6) is 0 Å². The summed E-state index contributed by atoms with van der Waals surface area (Å²) in [7, 11) is -0.953. The molecular formula is C9H15NOS. The summed E-state index contributed by atoms with van der Waals surface area (Å²) in [5, 5.41) is 2.58. The topological polar surface area (TPSA) is 36.0 Å². The molecule has 0 aliphatic rings. The van der Waals surface area contributed by atoms with E-state index in [1.54, 1.807) is 5.38 Å². The second kappa shape index (κ2) is 3.54. The number of hydrogen-bond donors (Lipinski definition) is 0. The smallest absolute Gasteiger partial charge is 0.243 e. The Morgan fingerprint density at radius 2 is 1.83 bits per heavy atom. The Balaban J connectivity index is 3.00. The van der Waals surface area contributed by atoms with Crippen LogP contribution in [0.25, 0.3) is 0 Å². The van der Waals surface area contributed by atoms with Gasteiger partial charge >= 0.3 is 0 Å². The van der Waals surface area contributed by atoms with Crippen LogP contribution in [0, 0.1) is 0 Å². The van der Waals surface area contributed by atoms with E-state index < -0.39 is 10.8 Å². The van der Waals surface area contributed by atoms with Gasteiger partial charge in [0.15, 0.2) is 5.38 Å². The molecule has 0 radical (unpaired) electrons. The minimum Gasteiger partial charge on any atom is -0.589 e. The molecule has 1 aromatic heterocycles. The van der Waals surface area contributed by atoms with Crippen molar-refractivity contribution in [2.24, 2.45) is 0 Å². The van der Waals surface area contributed by atoms with E-state index in [9.17, 15) is 4.55 Å². The zero-order valence-electron chi connectivity index (χ0n) is 8.00. The molecule has 0 amide bonds. The summed E-state index contributed by atoms with van der Waals surface area (Å²) >= 11 is 0. The van der Waals surface area contributed by atoms with Crippen molar-refractivity contribution in [3.63, 3.8) is 0 Å². The average Bonchev–Trinajstić information content (AvgIpc) is 2.30. The molecule has 3 heteroatoms. The van der Waals surface area contributed by atoms with Crippen LogP contribution < -0.4 is 0 Å². The highest BCUT2D eigenvalue weighted by Gasteiger charge is 2.17. The summed E-state index contributed by atoms with van der Waals surface area (Å²) in [6.45, 7) is 8.17. The van der Waals surface area contributed by atoms with Gasteiger partial charge in [-0.25, -0.2) is 4.98 Å². The first kappa shape index (κ1) is 9.68. The number of hydrogen-bond acceptors (Lipinski definition) is 2. The first-order chi connectivity index (χ1) is 5.52. The lowest BCUT2D eigenvalue weighted by molar-refractivity contribution is 0.592. The molecular weight excluding hydrogens is 170 g/mol. The molecule has 1 atom stereocenters. The molecule has 0 N–H and O–H groups in total. The van der Waals surface area contributed by atoms with Crippen molar-refractivity contribution in [3.05, 3.63) is 16.1 Å². The van der Waals surface area contributed by atoms with Crippen LogP contribution in [0.15, 0.2) is 5.38 Å². The van der Waals surface area contributed by atoms with E-state index in [-0.39, 0.29) is 0 Å². The van der Waals surface area contributed by atoms with Crippen LogP contribution in [-0.2, 0) is 0 Å². The summed E-state index contributed by atoms with van der Waals surface area (Å²) in [5.74, 6) is 0.670. The van der Waals surface area contributed by atoms with E-state index in [4.69, 9.17) is 0 Å².